The van der Waals surface area contributed by atoms with E-state index in [9.17, 15) is 22.8 Å². The number of alkyl halides is 3. The van der Waals surface area contributed by atoms with E-state index in [1.165, 1.54) is 18.2 Å². The highest BCUT2D eigenvalue weighted by Crippen LogP contribution is 2.27. The molecule has 0 saturated heterocycles. The quantitative estimate of drug-likeness (QED) is 0.725. The summed E-state index contributed by atoms with van der Waals surface area (Å²) < 4.78 is 41.9. The molecule has 0 aromatic heterocycles. The second-order valence-electron chi connectivity index (χ2n) is 8.03. The van der Waals surface area contributed by atoms with E-state index in [1.807, 2.05) is 38.1 Å². The van der Waals surface area contributed by atoms with E-state index < -0.39 is 18.8 Å². The average Bonchev–Trinajstić information content (AvgIpc) is 2.70. The smallest absolute Gasteiger partial charge is 0.422 e. The molecule has 1 atom stereocenters. The number of hydrogen-bond donors (Lipinski definition) is 1. The summed E-state index contributed by atoms with van der Waals surface area (Å²) in [6.45, 7) is 2.81. The van der Waals surface area contributed by atoms with Gasteiger partial charge >= 0.3 is 6.18 Å². The van der Waals surface area contributed by atoms with Crippen molar-refractivity contribution in [2.75, 3.05) is 11.9 Å². The third kappa shape index (κ3) is 6.23. The van der Waals surface area contributed by atoms with Crippen molar-refractivity contribution in [1.82, 2.24) is 4.90 Å². The summed E-state index contributed by atoms with van der Waals surface area (Å²) in [4.78, 5) is 27.5. The van der Waals surface area contributed by atoms with Crippen molar-refractivity contribution in [3.05, 3.63) is 59.7 Å². The molecule has 0 spiro atoms. The van der Waals surface area contributed by atoms with Crippen molar-refractivity contribution in [3.8, 4) is 5.75 Å². The zero-order valence-electron chi connectivity index (χ0n) is 17.4. The number of nitrogens with zero attached hydrogens (tertiary/aromatic N) is 1. The molecule has 2 aromatic rings. The van der Waals surface area contributed by atoms with Gasteiger partial charge in [-0.15, -0.1) is 0 Å². The summed E-state index contributed by atoms with van der Waals surface area (Å²) in [5, 5.41) is 2.72. The van der Waals surface area contributed by atoms with Crippen molar-refractivity contribution in [1.29, 1.82) is 0 Å². The minimum absolute atomic E-state index is 0.00291. The third-order valence-corrected chi connectivity index (χ3v) is 4.96. The largest absolute Gasteiger partial charge is 0.484 e. The summed E-state index contributed by atoms with van der Waals surface area (Å²) in [6, 6.07) is 12.7. The van der Waals surface area contributed by atoms with E-state index in [0.29, 0.717) is 25.1 Å². The van der Waals surface area contributed by atoms with E-state index >= 15 is 0 Å². The molecule has 1 aliphatic heterocycles. The van der Waals surface area contributed by atoms with Crippen LogP contribution in [0.15, 0.2) is 48.5 Å². The second kappa shape index (κ2) is 9.41. The van der Waals surface area contributed by atoms with Gasteiger partial charge in [-0.3, -0.25) is 9.59 Å². The van der Waals surface area contributed by atoms with Gasteiger partial charge in [0.2, 0.25) is 11.8 Å². The molecule has 0 radical (unpaired) electrons. The van der Waals surface area contributed by atoms with Gasteiger partial charge in [-0.2, -0.15) is 13.2 Å². The van der Waals surface area contributed by atoms with Crippen LogP contribution in [0, 0.1) is 5.92 Å². The zero-order chi connectivity index (χ0) is 22.6. The summed E-state index contributed by atoms with van der Waals surface area (Å²) in [5.74, 6) is -0.348. The topological polar surface area (TPSA) is 58.6 Å². The summed E-state index contributed by atoms with van der Waals surface area (Å²) in [7, 11) is 0. The highest BCUT2D eigenvalue weighted by molar-refractivity contribution is 5.97. The Morgan fingerprint density at radius 1 is 1.13 bits per heavy atom. The first-order chi connectivity index (χ1) is 14.6. The molecule has 3 rings (SSSR count). The molecule has 1 aliphatic rings. The van der Waals surface area contributed by atoms with E-state index in [4.69, 9.17) is 4.74 Å². The third-order valence-electron chi connectivity index (χ3n) is 4.96. The van der Waals surface area contributed by atoms with Crippen LogP contribution >= 0.6 is 0 Å². The Bertz CT molecular complexity index is 944. The monoisotopic (exact) mass is 434 g/mol. The van der Waals surface area contributed by atoms with E-state index in [0.717, 1.165) is 11.1 Å². The molecular formula is C23H25F3N2O3. The van der Waals surface area contributed by atoms with Crippen molar-refractivity contribution >= 4 is 17.5 Å². The van der Waals surface area contributed by atoms with Gasteiger partial charge in [0.1, 0.15) is 11.8 Å². The molecule has 5 nitrogen and oxygen atoms in total. The summed E-state index contributed by atoms with van der Waals surface area (Å²) in [6.07, 6.45) is -3.76. The van der Waals surface area contributed by atoms with Crippen LogP contribution in [0.2, 0.25) is 0 Å². The van der Waals surface area contributed by atoms with Crippen LogP contribution < -0.4 is 10.1 Å². The van der Waals surface area contributed by atoms with Gasteiger partial charge in [-0.05, 0) is 29.2 Å². The van der Waals surface area contributed by atoms with Crippen molar-refractivity contribution in [2.45, 2.75) is 45.5 Å². The molecule has 0 fully saturated rings. The molecule has 0 saturated carbocycles. The number of fused-ring (bicyclic) bond motifs is 1. The summed E-state index contributed by atoms with van der Waals surface area (Å²) in [5.41, 5.74) is 2.31. The molecular weight excluding hydrogens is 409 g/mol. The number of rotatable bonds is 6. The Kier molecular flexibility index (Phi) is 6.87. The molecule has 2 aromatic carbocycles. The highest BCUT2D eigenvalue weighted by Gasteiger charge is 2.34. The molecule has 1 heterocycles. The Morgan fingerprint density at radius 3 is 2.52 bits per heavy atom. The van der Waals surface area contributed by atoms with E-state index in [2.05, 4.69) is 5.32 Å². The van der Waals surface area contributed by atoms with Crippen LogP contribution in [0.25, 0.3) is 0 Å². The Labute approximate surface area is 179 Å². The fourth-order valence-corrected chi connectivity index (χ4v) is 3.54. The maximum Gasteiger partial charge on any atom is 0.422 e. The predicted molar refractivity (Wildman–Crippen MR) is 111 cm³/mol. The van der Waals surface area contributed by atoms with Crippen molar-refractivity contribution < 1.29 is 27.5 Å². The fourth-order valence-electron chi connectivity index (χ4n) is 3.54. The van der Waals surface area contributed by atoms with Gasteiger partial charge in [0.15, 0.2) is 6.61 Å². The van der Waals surface area contributed by atoms with E-state index in [1.54, 1.807) is 11.0 Å². The molecule has 166 valence electrons. The molecule has 8 heteroatoms. The first-order valence-electron chi connectivity index (χ1n) is 10.1. The van der Waals surface area contributed by atoms with Crippen LogP contribution in [-0.2, 0) is 22.6 Å². The first kappa shape index (κ1) is 22.7. The first-order valence-corrected chi connectivity index (χ1v) is 10.1. The zero-order valence-corrected chi connectivity index (χ0v) is 17.4. The number of nitrogens with one attached hydrogen (secondary N) is 1. The minimum Gasteiger partial charge on any atom is -0.484 e. The lowest BCUT2D eigenvalue weighted by Crippen LogP contribution is -2.50. The lowest BCUT2D eigenvalue weighted by Gasteiger charge is -2.36. The SMILES string of the molecule is CC(C)CC(=O)N1Cc2ccccc2CC1C(=O)Nc1cccc(OCC(F)(F)F)c1. The van der Waals surface area contributed by atoms with Crippen LogP contribution in [0.5, 0.6) is 5.75 Å². The normalized spacial score (nSPS) is 16.1. The maximum absolute atomic E-state index is 13.1. The number of carbonyl (C=O) groups excluding carboxylic acids is 2. The van der Waals surface area contributed by atoms with Crippen molar-refractivity contribution in [3.63, 3.8) is 0 Å². The lowest BCUT2D eigenvalue weighted by atomic mass is 9.92. The van der Waals surface area contributed by atoms with Crippen LogP contribution in [-0.4, -0.2) is 35.5 Å². The van der Waals surface area contributed by atoms with Crippen LogP contribution in [0.4, 0.5) is 18.9 Å². The fraction of sp³-hybridized carbons (Fsp3) is 0.391. The number of ether oxygens (including phenoxy) is 1. The lowest BCUT2D eigenvalue weighted by molar-refractivity contribution is -0.153. The Balaban J connectivity index is 1.77. The number of amides is 2. The molecule has 31 heavy (non-hydrogen) atoms. The molecule has 2 amide bonds. The molecule has 0 aliphatic carbocycles. The maximum atomic E-state index is 13.1. The number of anilines is 1. The Hall–Kier alpha value is -3.03. The van der Waals surface area contributed by atoms with Crippen LogP contribution in [0.3, 0.4) is 0 Å². The number of benzene rings is 2. The van der Waals surface area contributed by atoms with E-state index in [-0.39, 0.29) is 23.5 Å². The van der Waals surface area contributed by atoms with Gasteiger partial charge in [0.05, 0.1) is 0 Å². The predicted octanol–water partition coefficient (Wildman–Crippen LogP) is 4.57. The minimum atomic E-state index is -4.45. The van der Waals surface area contributed by atoms with Gasteiger partial charge in [-0.25, -0.2) is 0 Å². The molecule has 1 unspecified atom stereocenters. The number of halogens is 3. The summed E-state index contributed by atoms with van der Waals surface area (Å²) >= 11 is 0. The van der Waals surface area contributed by atoms with Crippen molar-refractivity contribution in [2.24, 2.45) is 5.92 Å². The number of carbonyl (C=O) groups is 2. The highest BCUT2D eigenvalue weighted by atomic mass is 19.4. The van der Waals surface area contributed by atoms with Gasteiger partial charge in [0, 0.05) is 31.1 Å². The Morgan fingerprint density at radius 2 is 1.84 bits per heavy atom. The van der Waals surface area contributed by atoms with Gasteiger partial charge < -0.3 is 15.0 Å². The number of hydrogen-bond acceptors (Lipinski definition) is 3. The molecule has 0 bridgehead atoms. The average molecular weight is 434 g/mol. The standard InChI is InChI=1S/C23H25F3N2O3/c1-15(2)10-21(29)28-13-17-7-4-3-6-16(17)11-20(28)22(30)27-18-8-5-9-19(12-18)31-14-23(24,25)26/h3-9,12,15,20H,10-11,13-14H2,1-2H3,(H,27,30). The molecule has 1 N–H and O–H groups in total. The van der Waals surface area contributed by atoms with Crippen LogP contribution in [0.1, 0.15) is 31.4 Å². The second-order valence-corrected chi connectivity index (χ2v) is 8.03. The van der Waals surface area contributed by atoms with Gasteiger partial charge in [-0.1, -0.05) is 44.2 Å². The van der Waals surface area contributed by atoms with Gasteiger partial charge in [0.25, 0.3) is 0 Å².